The average Bonchev–Trinajstić information content (AvgIpc) is 2.47. The number of rotatable bonds is 5. The summed E-state index contributed by atoms with van der Waals surface area (Å²) in [5, 5.41) is 0. The lowest BCUT2D eigenvalue weighted by atomic mass is 10.2. The summed E-state index contributed by atoms with van der Waals surface area (Å²) in [7, 11) is -3.72. The second-order valence-corrected chi connectivity index (χ2v) is 6.30. The summed E-state index contributed by atoms with van der Waals surface area (Å²) >= 11 is 0. The van der Waals surface area contributed by atoms with E-state index in [9.17, 15) is 17.6 Å². The summed E-state index contributed by atoms with van der Waals surface area (Å²) in [6, 6.07) is 11.4. The molecule has 1 N–H and O–H groups in total. The van der Waals surface area contributed by atoms with E-state index >= 15 is 0 Å². The molecule has 0 amide bonds. The second kappa shape index (κ2) is 6.15. The third-order valence-electron chi connectivity index (χ3n) is 2.93. The molecule has 2 aromatic carbocycles. The van der Waals surface area contributed by atoms with E-state index < -0.39 is 10.0 Å². The molecule has 0 aliphatic heterocycles. The highest BCUT2D eigenvalue weighted by atomic mass is 32.2. The molecule has 0 atom stereocenters. The Hall–Kier alpha value is -2.05. The molecule has 0 spiro atoms. The highest BCUT2D eigenvalue weighted by molar-refractivity contribution is 7.89. The lowest BCUT2D eigenvalue weighted by Crippen LogP contribution is -2.23. The van der Waals surface area contributed by atoms with Crippen LogP contribution in [0.1, 0.15) is 22.8 Å². The Kier molecular flexibility index (Phi) is 4.50. The lowest BCUT2D eigenvalue weighted by Gasteiger charge is -2.08. The Morgan fingerprint density at radius 1 is 1.14 bits per heavy atom. The predicted octanol–water partition coefficient (Wildman–Crippen LogP) is 2.51. The van der Waals surface area contributed by atoms with E-state index in [1.165, 1.54) is 49.4 Å². The molecule has 0 bridgehead atoms. The Morgan fingerprint density at radius 2 is 1.81 bits per heavy atom. The summed E-state index contributed by atoms with van der Waals surface area (Å²) in [5.74, 6) is -0.582. The largest absolute Gasteiger partial charge is 0.295 e. The molecule has 6 heteroatoms. The van der Waals surface area contributed by atoms with Crippen molar-refractivity contribution in [2.45, 2.75) is 18.4 Å². The third-order valence-corrected chi connectivity index (χ3v) is 4.33. The molecular weight excluding hydrogens is 293 g/mol. The van der Waals surface area contributed by atoms with Gasteiger partial charge in [-0.2, -0.15) is 0 Å². The number of Topliss-reactive ketones (excluding diaryl/α,β-unsaturated/α-hetero) is 1. The van der Waals surface area contributed by atoms with Gasteiger partial charge in [0.2, 0.25) is 10.0 Å². The topological polar surface area (TPSA) is 63.2 Å². The Balaban J connectivity index is 2.16. The van der Waals surface area contributed by atoms with E-state index in [0.29, 0.717) is 11.1 Å². The summed E-state index contributed by atoms with van der Waals surface area (Å²) in [5.41, 5.74) is 0.974. The Bertz CT molecular complexity index is 755. The molecule has 2 aromatic rings. The number of hydrogen-bond donors (Lipinski definition) is 1. The van der Waals surface area contributed by atoms with E-state index in [1.54, 1.807) is 6.07 Å². The minimum Gasteiger partial charge on any atom is -0.295 e. The number of carbonyl (C=O) groups excluding carboxylic acids is 1. The zero-order valence-corrected chi connectivity index (χ0v) is 12.2. The maximum Gasteiger partial charge on any atom is 0.240 e. The van der Waals surface area contributed by atoms with Crippen molar-refractivity contribution in [2.75, 3.05) is 0 Å². The van der Waals surface area contributed by atoms with Gasteiger partial charge in [0.05, 0.1) is 4.90 Å². The van der Waals surface area contributed by atoms with E-state index in [-0.39, 0.29) is 23.0 Å². The molecule has 110 valence electrons. The number of benzene rings is 2. The fourth-order valence-electron chi connectivity index (χ4n) is 1.75. The molecule has 4 nitrogen and oxygen atoms in total. The molecule has 0 aromatic heterocycles. The van der Waals surface area contributed by atoms with Crippen LogP contribution in [0.5, 0.6) is 0 Å². The zero-order valence-electron chi connectivity index (χ0n) is 11.3. The number of ketones is 1. The maximum atomic E-state index is 12.8. The van der Waals surface area contributed by atoms with Crippen LogP contribution < -0.4 is 4.72 Å². The van der Waals surface area contributed by atoms with Crippen LogP contribution in [0.2, 0.25) is 0 Å². The van der Waals surface area contributed by atoms with Gasteiger partial charge in [-0.25, -0.2) is 17.5 Å². The molecule has 0 heterocycles. The SMILES string of the molecule is CC(=O)c1cccc(S(=O)(=O)NCc2ccc(F)cc2)c1. The quantitative estimate of drug-likeness (QED) is 0.863. The van der Waals surface area contributed by atoms with Crippen molar-refractivity contribution in [1.29, 1.82) is 0 Å². The van der Waals surface area contributed by atoms with Gasteiger partial charge in [0.25, 0.3) is 0 Å². The molecule has 0 fully saturated rings. The first kappa shape index (κ1) is 15.3. The van der Waals surface area contributed by atoms with E-state index in [1.807, 2.05) is 0 Å². The van der Waals surface area contributed by atoms with Gasteiger partial charge in [0, 0.05) is 12.1 Å². The first-order valence-electron chi connectivity index (χ1n) is 6.23. The minimum atomic E-state index is -3.72. The van der Waals surface area contributed by atoms with Gasteiger partial charge in [-0.3, -0.25) is 4.79 Å². The van der Waals surface area contributed by atoms with Crippen LogP contribution in [0.4, 0.5) is 4.39 Å². The second-order valence-electron chi connectivity index (χ2n) is 4.54. The van der Waals surface area contributed by atoms with Gasteiger partial charge >= 0.3 is 0 Å². The van der Waals surface area contributed by atoms with Gasteiger partial charge in [-0.15, -0.1) is 0 Å². The maximum absolute atomic E-state index is 12.8. The molecule has 0 aliphatic carbocycles. The fraction of sp³-hybridized carbons (Fsp3) is 0.133. The summed E-state index contributed by atoms with van der Waals surface area (Å²) < 4.78 is 39.5. The van der Waals surface area contributed by atoms with E-state index in [2.05, 4.69) is 4.72 Å². The average molecular weight is 307 g/mol. The highest BCUT2D eigenvalue weighted by Crippen LogP contribution is 2.13. The summed E-state index contributed by atoms with van der Waals surface area (Å²) in [4.78, 5) is 11.3. The van der Waals surface area contributed by atoms with Crippen LogP contribution in [0.3, 0.4) is 0 Å². The van der Waals surface area contributed by atoms with Gasteiger partial charge in [-0.1, -0.05) is 24.3 Å². The van der Waals surface area contributed by atoms with E-state index in [4.69, 9.17) is 0 Å². The van der Waals surface area contributed by atoms with Crippen LogP contribution in [0, 0.1) is 5.82 Å². The van der Waals surface area contributed by atoms with Crippen molar-refractivity contribution in [3.63, 3.8) is 0 Å². The van der Waals surface area contributed by atoms with Gasteiger partial charge in [0.1, 0.15) is 5.82 Å². The Morgan fingerprint density at radius 3 is 2.43 bits per heavy atom. The molecule has 2 rings (SSSR count). The van der Waals surface area contributed by atoms with Crippen molar-refractivity contribution in [3.05, 3.63) is 65.5 Å². The van der Waals surface area contributed by atoms with Crippen LogP contribution in [0.15, 0.2) is 53.4 Å². The first-order chi connectivity index (χ1) is 9.88. The standard InChI is InChI=1S/C15H14FNO3S/c1-11(18)13-3-2-4-15(9-13)21(19,20)17-10-12-5-7-14(16)8-6-12/h2-9,17H,10H2,1H3. The van der Waals surface area contributed by atoms with Crippen molar-refractivity contribution in [3.8, 4) is 0 Å². The summed E-state index contributed by atoms with van der Waals surface area (Å²) in [6.45, 7) is 1.42. The first-order valence-corrected chi connectivity index (χ1v) is 7.72. The number of nitrogens with one attached hydrogen (secondary N) is 1. The highest BCUT2D eigenvalue weighted by Gasteiger charge is 2.15. The van der Waals surface area contributed by atoms with Crippen LogP contribution in [0.25, 0.3) is 0 Å². The fourth-order valence-corrected chi connectivity index (χ4v) is 2.81. The van der Waals surface area contributed by atoms with E-state index in [0.717, 1.165) is 0 Å². The number of sulfonamides is 1. The molecule has 0 saturated carbocycles. The zero-order chi connectivity index (χ0) is 15.5. The molecule has 0 saturated heterocycles. The van der Waals surface area contributed by atoms with Crippen molar-refractivity contribution < 1.29 is 17.6 Å². The smallest absolute Gasteiger partial charge is 0.240 e. The molecular formula is C15H14FNO3S. The molecule has 21 heavy (non-hydrogen) atoms. The molecule has 0 radical (unpaired) electrons. The van der Waals surface area contributed by atoms with Gasteiger partial charge in [-0.05, 0) is 36.8 Å². The normalized spacial score (nSPS) is 11.3. The van der Waals surface area contributed by atoms with Crippen LogP contribution in [-0.4, -0.2) is 14.2 Å². The molecule has 0 unspecified atom stereocenters. The van der Waals surface area contributed by atoms with Gasteiger partial charge in [0.15, 0.2) is 5.78 Å². The molecule has 0 aliphatic rings. The van der Waals surface area contributed by atoms with Crippen molar-refractivity contribution in [2.24, 2.45) is 0 Å². The number of carbonyl (C=O) groups is 1. The number of halogens is 1. The Labute approximate surface area is 122 Å². The number of hydrogen-bond acceptors (Lipinski definition) is 3. The van der Waals surface area contributed by atoms with Crippen LogP contribution >= 0.6 is 0 Å². The third kappa shape index (κ3) is 3.96. The summed E-state index contributed by atoms with van der Waals surface area (Å²) in [6.07, 6.45) is 0. The minimum absolute atomic E-state index is 0.0253. The monoisotopic (exact) mass is 307 g/mol. The van der Waals surface area contributed by atoms with Gasteiger partial charge < -0.3 is 0 Å². The lowest BCUT2D eigenvalue weighted by molar-refractivity contribution is 0.101. The van der Waals surface area contributed by atoms with Crippen LogP contribution in [-0.2, 0) is 16.6 Å². The predicted molar refractivity (Wildman–Crippen MR) is 76.9 cm³/mol. The van der Waals surface area contributed by atoms with Crippen molar-refractivity contribution in [1.82, 2.24) is 4.72 Å². The van der Waals surface area contributed by atoms with Crippen molar-refractivity contribution >= 4 is 15.8 Å².